The van der Waals surface area contributed by atoms with Crippen LogP contribution in [-0.2, 0) is 0 Å². The number of hydrazone groups is 1. The molecule has 4 rings (SSSR count). The SMILES string of the molecule is CN(C)C(=O)N1C2C3=NN2C12NN32. The Morgan fingerprint density at radius 2 is 2.46 bits per heavy atom. The van der Waals surface area contributed by atoms with Crippen LogP contribution in [0.25, 0.3) is 0 Å². The second-order valence-electron chi connectivity index (χ2n) is 3.81. The van der Waals surface area contributed by atoms with Crippen molar-refractivity contribution in [2.24, 2.45) is 5.10 Å². The predicted octanol–water partition coefficient (Wildman–Crippen LogP) is -1.62. The fourth-order valence-electron chi connectivity index (χ4n) is 2.23. The highest BCUT2D eigenvalue weighted by Gasteiger charge is 2.90. The fraction of sp³-hybridized carbons (Fsp3) is 0.667. The van der Waals surface area contributed by atoms with Crippen molar-refractivity contribution in [1.82, 2.24) is 25.2 Å². The summed E-state index contributed by atoms with van der Waals surface area (Å²) < 4.78 is 0. The van der Waals surface area contributed by atoms with Crippen molar-refractivity contribution in [3.63, 3.8) is 0 Å². The second kappa shape index (κ2) is 1.25. The Hall–Kier alpha value is -1.50. The Morgan fingerprint density at radius 3 is 2.85 bits per heavy atom. The summed E-state index contributed by atoms with van der Waals surface area (Å²) in [5, 5.41) is 8.01. The monoisotopic (exact) mass is 180 g/mol. The molecule has 2 amide bonds. The fourth-order valence-corrected chi connectivity index (χ4v) is 2.23. The third-order valence-corrected chi connectivity index (χ3v) is 2.91. The van der Waals surface area contributed by atoms with E-state index in [9.17, 15) is 4.79 Å². The van der Waals surface area contributed by atoms with E-state index in [2.05, 4.69) is 10.5 Å². The third kappa shape index (κ3) is 0.336. The Balaban J connectivity index is 1.74. The van der Waals surface area contributed by atoms with Gasteiger partial charge in [-0.2, -0.15) is 10.5 Å². The van der Waals surface area contributed by atoms with Crippen molar-refractivity contribution in [2.45, 2.75) is 12.1 Å². The predicted molar refractivity (Wildman–Crippen MR) is 41.7 cm³/mol. The van der Waals surface area contributed by atoms with Gasteiger partial charge in [0.2, 0.25) is 0 Å². The molecule has 0 aromatic carbocycles. The maximum atomic E-state index is 11.7. The summed E-state index contributed by atoms with van der Waals surface area (Å²) >= 11 is 0. The number of nitrogens with zero attached hydrogens (tertiary/aromatic N) is 5. The van der Waals surface area contributed by atoms with Crippen LogP contribution >= 0.6 is 0 Å². The molecule has 7 nitrogen and oxygen atoms in total. The van der Waals surface area contributed by atoms with Gasteiger partial charge in [0.1, 0.15) is 0 Å². The molecule has 3 fully saturated rings. The minimum absolute atomic E-state index is 0.0288. The summed E-state index contributed by atoms with van der Waals surface area (Å²) in [6.07, 6.45) is 0.108. The van der Waals surface area contributed by atoms with Gasteiger partial charge in [0.15, 0.2) is 12.0 Å². The summed E-state index contributed by atoms with van der Waals surface area (Å²) in [6, 6.07) is 0.0288. The first-order valence-electron chi connectivity index (χ1n) is 4.14. The highest BCUT2D eigenvalue weighted by molar-refractivity contribution is 6.03. The lowest BCUT2D eigenvalue weighted by Gasteiger charge is -2.52. The van der Waals surface area contributed by atoms with E-state index >= 15 is 0 Å². The molecule has 1 spiro atoms. The summed E-state index contributed by atoms with van der Waals surface area (Å²) in [5.41, 5.74) is 3.10. The molecule has 0 aromatic rings. The number of hydrogen-bond donors (Lipinski definition) is 1. The molecule has 7 heteroatoms. The molecule has 4 aliphatic heterocycles. The standard InChI is InChI=1S/C6H8N6O/c1-9(2)5(13)10-4-3-7-12(4)6(10)8-11(3)6/h4,8H,1-2H3. The van der Waals surface area contributed by atoms with Crippen LogP contribution in [0.3, 0.4) is 0 Å². The zero-order valence-electron chi connectivity index (χ0n) is 7.22. The maximum Gasteiger partial charge on any atom is 0.326 e. The Morgan fingerprint density at radius 1 is 1.69 bits per heavy atom. The number of hydrazine groups is 1. The van der Waals surface area contributed by atoms with E-state index in [-0.39, 0.29) is 18.1 Å². The van der Waals surface area contributed by atoms with Crippen molar-refractivity contribution >= 4 is 11.9 Å². The number of rotatable bonds is 0. The van der Waals surface area contributed by atoms with E-state index in [1.54, 1.807) is 23.9 Å². The van der Waals surface area contributed by atoms with Crippen LogP contribution in [0.15, 0.2) is 5.10 Å². The molecule has 68 valence electrons. The Bertz CT molecular complexity index is 373. The zero-order chi connectivity index (χ0) is 8.96. The van der Waals surface area contributed by atoms with Crippen LogP contribution in [0.2, 0.25) is 0 Å². The topological polar surface area (TPSA) is 64.1 Å². The molecule has 0 radical (unpaired) electrons. The van der Waals surface area contributed by atoms with E-state index < -0.39 is 0 Å². The molecular formula is C6H8N6O. The first-order chi connectivity index (χ1) is 6.18. The van der Waals surface area contributed by atoms with Crippen LogP contribution in [0.5, 0.6) is 0 Å². The van der Waals surface area contributed by atoms with E-state index in [1.807, 2.05) is 10.0 Å². The first-order valence-corrected chi connectivity index (χ1v) is 4.14. The van der Waals surface area contributed by atoms with Crippen LogP contribution < -0.4 is 5.43 Å². The molecule has 0 saturated carbocycles. The maximum absolute atomic E-state index is 11.7. The molecule has 4 heterocycles. The lowest BCUT2D eigenvalue weighted by molar-refractivity contribution is -0.144. The van der Waals surface area contributed by atoms with E-state index in [0.29, 0.717) is 0 Å². The third-order valence-electron chi connectivity index (χ3n) is 2.91. The molecule has 0 aliphatic carbocycles. The minimum Gasteiger partial charge on any atom is -0.331 e. The van der Waals surface area contributed by atoms with Crippen molar-refractivity contribution in [3.8, 4) is 0 Å². The van der Waals surface area contributed by atoms with Gasteiger partial charge in [-0.1, -0.05) is 0 Å². The van der Waals surface area contributed by atoms with Crippen LogP contribution in [-0.4, -0.2) is 57.9 Å². The number of nitrogens with one attached hydrogen (secondary N) is 1. The number of fused-ring (bicyclic) bond motifs is 1. The van der Waals surface area contributed by atoms with Gasteiger partial charge in [-0.05, 0) is 0 Å². The molecule has 3 saturated heterocycles. The molecule has 13 heavy (non-hydrogen) atoms. The van der Waals surface area contributed by atoms with E-state index in [0.717, 1.165) is 5.84 Å². The van der Waals surface area contributed by atoms with Gasteiger partial charge < -0.3 is 4.90 Å². The molecule has 1 N–H and O–H groups in total. The van der Waals surface area contributed by atoms with Crippen LogP contribution in [0.1, 0.15) is 0 Å². The van der Waals surface area contributed by atoms with Gasteiger partial charge in [-0.15, -0.1) is 0 Å². The summed E-state index contributed by atoms with van der Waals surface area (Å²) in [7, 11) is 3.51. The zero-order valence-corrected chi connectivity index (χ0v) is 7.22. The lowest BCUT2D eigenvalue weighted by Crippen LogP contribution is -2.78. The van der Waals surface area contributed by atoms with Crippen molar-refractivity contribution in [1.29, 1.82) is 0 Å². The van der Waals surface area contributed by atoms with Crippen molar-refractivity contribution < 1.29 is 4.79 Å². The smallest absolute Gasteiger partial charge is 0.326 e. The largest absolute Gasteiger partial charge is 0.331 e. The normalized spacial score (nSPS) is 40.6. The first kappa shape index (κ1) is 6.03. The molecule has 4 bridgehead atoms. The Labute approximate surface area is 74.1 Å². The quantitative estimate of drug-likeness (QED) is 0.455. The number of hydrogen-bond acceptors (Lipinski definition) is 5. The van der Waals surface area contributed by atoms with Crippen LogP contribution in [0.4, 0.5) is 4.79 Å². The minimum atomic E-state index is -0.388. The average molecular weight is 180 g/mol. The molecule has 4 aliphatic rings. The van der Waals surface area contributed by atoms with Gasteiger partial charge in [-0.3, -0.25) is 0 Å². The van der Waals surface area contributed by atoms with Gasteiger partial charge in [0, 0.05) is 14.1 Å². The number of amides is 2. The Kier molecular flexibility index (Phi) is 0.581. The molecule has 0 aromatic heterocycles. The van der Waals surface area contributed by atoms with E-state index in [1.165, 1.54) is 0 Å². The number of amidine groups is 1. The average Bonchev–Trinajstić information content (AvgIpc) is 2.57. The molecule has 2 unspecified atom stereocenters. The highest BCUT2D eigenvalue weighted by atomic mass is 16.2. The van der Waals surface area contributed by atoms with E-state index in [4.69, 9.17) is 0 Å². The van der Waals surface area contributed by atoms with Crippen LogP contribution in [0, 0.1) is 0 Å². The van der Waals surface area contributed by atoms with Gasteiger partial charge >= 0.3 is 11.9 Å². The van der Waals surface area contributed by atoms with Gasteiger partial charge in [0.25, 0.3) is 0 Å². The van der Waals surface area contributed by atoms with Crippen molar-refractivity contribution in [3.05, 3.63) is 0 Å². The number of urea groups is 1. The molecular weight excluding hydrogens is 172 g/mol. The lowest BCUT2D eigenvalue weighted by atomic mass is 10.2. The summed E-state index contributed by atoms with van der Waals surface area (Å²) in [6.45, 7) is 0. The summed E-state index contributed by atoms with van der Waals surface area (Å²) in [5.74, 6) is 0.580. The second-order valence-corrected chi connectivity index (χ2v) is 3.81. The van der Waals surface area contributed by atoms with Crippen molar-refractivity contribution in [2.75, 3.05) is 14.1 Å². The summed E-state index contributed by atoms with van der Waals surface area (Å²) in [4.78, 5) is 15.1. The van der Waals surface area contributed by atoms with Gasteiger partial charge in [-0.25, -0.2) is 19.7 Å². The highest BCUT2D eigenvalue weighted by Crippen LogP contribution is 2.60. The van der Waals surface area contributed by atoms with Gasteiger partial charge in [0.05, 0.1) is 0 Å². The number of carbonyl (C=O) groups is 1. The number of carbonyl (C=O) groups excluding carboxylic acids is 1. The molecule has 2 atom stereocenters.